The van der Waals surface area contributed by atoms with E-state index in [1.807, 2.05) is 83.6 Å². The molecule has 7 nitrogen and oxygen atoms in total. The van der Waals surface area contributed by atoms with E-state index in [2.05, 4.69) is 4.90 Å². The van der Waals surface area contributed by atoms with Crippen LogP contribution in [0, 0.1) is 6.92 Å². The fourth-order valence-electron chi connectivity index (χ4n) is 4.69. The number of rotatable bonds is 6. The van der Waals surface area contributed by atoms with Crippen molar-refractivity contribution in [3.8, 4) is 5.75 Å². The standard InChI is InChI=1S/C28H29ClN4O3/c1-19-8-10-21(11-9-19)33-28(23-6-4-5-7-26(23)35-3)32(27(30-33)20(2)34)22-12-13-25(24(29)18-22)31-14-16-36-17-15-31/h4-13,18,28H,14-17H2,1-3H3/t28-/m0/s1. The number of morpholine rings is 1. The van der Waals surface area contributed by atoms with Crippen LogP contribution in [-0.2, 0) is 9.53 Å². The average Bonchev–Trinajstić information content (AvgIpc) is 3.30. The highest BCUT2D eigenvalue weighted by Gasteiger charge is 2.40. The predicted octanol–water partition coefficient (Wildman–Crippen LogP) is 5.42. The maximum atomic E-state index is 12.9. The number of benzene rings is 3. The number of hydrogen-bond donors (Lipinski definition) is 0. The first kappa shape index (κ1) is 24.2. The van der Waals surface area contributed by atoms with Gasteiger partial charge in [-0.2, -0.15) is 0 Å². The lowest BCUT2D eigenvalue weighted by atomic mass is 10.1. The Balaban J connectivity index is 1.64. The lowest BCUT2D eigenvalue weighted by Crippen LogP contribution is -2.38. The van der Waals surface area contributed by atoms with Crippen molar-refractivity contribution in [1.29, 1.82) is 0 Å². The van der Waals surface area contributed by atoms with E-state index in [4.69, 9.17) is 26.2 Å². The molecule has 0 bridgehead atoms. The first-order valence-electron chi connectivity index (χ1n) is 12.0. The van der Waals surface area contributed by atoms with Gasteiger partial charge in [0.1, 0.15) is 5.75 Å². The molecular weight excluding hydrogens is 476 g/mol. The number of ether oxygens (including phenoxy) is 2. The van der Waals surface area contributed by atoms with E-state index < -0.39 is 6.17 Å². The SMILES string of the molecule is COc1ccccc1[C@@H]1N(c2ccc(C)cc2)N=C(C(C)=O)N1c1ccc(N2CCOCC2)c(Cl)c1. The summed E-state index contributed by atoms with van der Waals surface area (Å²) in [5.41, 5.74) is 4.62. The van der Waals surface area contributed by atoms with Gasteiger partial charge >= 0.3 is 0 Å². The highest BCUT2D eigenvalue weighted by atomic mass is 35.5. The predicted molar refractivity (Wildman–Crippen MR) is 144 cm³/mol. The molecular formula is C28H29ClN4O3. The molecule has 3 aromatic rings. The van der Waals surface area contributed by atoms with Crippen LogP contribution in [0.25, 0.3) is 0 Å². The van der Waals surface area contributed by atoms with Crippen LogP contribution in [-0.4, -0.2) is 45.0 Å². The van der Waals surface area contributed by atoms with Crippen molar-refractivity contribution in [2.45, 2.75) is 20.0 Å². The second kappa shape index (κ2) is 10.2. The first-order valence-corrected chi connectivity index (χ1v) is 12.4. The molecule has 1 saturated heterocycles. The first-order chi connectivity index (χ1) is 17.5. The number of hydrogen-bond acceptors (Lipinski definition) is 7. The van der Waals surface area contributed by atoms with E-state index >= 15 is 0 Å². The minimum absolute atomic E-state index is 0.141. The smallest absolute Gasteiger partial charge is 0.198 e. The number of Topliss-reactive ketones (excluding diaryl/α,β-unsaturated/α-hetero) is 1. The summed E-state index contributed by atoms with van der Waals surface area (Å²) in [5.74, 6) is 0.903. The van der Waals surface area contributed by atoms with Gasteiger partial charge in [0.2, 0.25) is 0 Å². The Morgan fingerprint density at radius 1 is 1.03 bits per heavy atom. The summed E-state index contributed by atoms with van der Waals surface area (Å²) < 4.78 is 11.2. The fourth-order valence-corrected chi connectivity index (χ4v) is 4.98. The zero-order valence-corrected chi connectivity index (χ0v) is 21.4. The molecule has 0 aliphatic carbocycles. The van der Waals surface area contributed by atoms with E-state index in [0.29, 0.717) is 29.8 Å². The number of nitrogens with zero attached hydrogens (tertiary/aromatic N) is 4. The lowest BCUT2D eigenvalue weighted by molar-refractivity contribution is -0.111. The largest absolute Gasteiger partial charge is 0.496 e. The molecule has 0 saturated carbocycles. The van der Waals surface area contributed by atoms with Gasteiger partial charge in [-0.15, -0.1) is 5.10 Å². The number of carbonyl (C=O) groups is 1. The van der Waals surface area contributed by atoms with Crippen molar-refractivity contribution in [1.82, 2.24) is 0 Å². The van der Waals surface area contributed by atoms with Crippen LogP contribution in [0.3, 0.4) is 0 Å². The number of ketones is 1. The molecule has 8 heteroatoms. The van der Waals surface area contributed by atoms with Crippen molar-refractivity contribution in [2.75, 3.05) is 48.2 Å². The van der Waals surface area contributed by atoms with Gasteiger partial charge in [-0.25, -0.2) is 5.01 Å². The van der Waals surface area contributed by atoms with Crippen molar-refractivity contribution >= 4 is 40.3 Å². The number of para-hydroxylation sites is 1. The maximum Gasteiger partial charge on any atom is 0.198 e. The summed E-state index contributed by atoms with van der Waals surface area (Å²) in [4.78, 5) is 17.1. The third-order valence-electron chi connectivity index (χ3n) is 6.50. The molecule has 36 heavy (non-hydrogen) atoms. The Kier molecular flexibility index (Phi) is 6.85. The molecule has 0 N–H and O–H groups in total. The summed E-state index contributed by atoms with van der Waals surface area (Å²) in [5, 5.41) is 7.31. The number of anilines is 3. The zero-order chi connectivity index (χ0) is 25.2. The van der Waals surface area contributed by atoms with Gasteiger partial charge in [-0.05, 0) is 43.3 Å². The van der Waals surface area contributed by atoms with Crippen molar-refractivity contribution in [2.24, 2.45) is 5.10 Å². The number of methoxy groups -OCH3 is 1. The fraction of sp³-hybridized carbons (Fsp3) is 0.286. The van der Waals surface area contributed by atoms with Gasteiger partial charge in [0.05, 0.1) is 36.7 Å². The highest BCUT2D eigenvalue weighted by molar-refractivity contribution is 6.44. The second-order valence-electron chi connectivity index (χ2n) is 8.88. The number of hydrazone groups is 1. The van der Waals surface area contributed by atoms with E-state index in [0.717, 1.165) is 41.3 Å². The van der Waals surface area contributed by atoms with Crippen molar-refractivity contribution in [3.63, 3.8) is 0 Å². The Morgan fingerprint density at radius 3 is 2.39 bits per heavy atom. The van der Waals surface area contributed by atoms with Gasteiger partial charge in [-0.1, -0.05) is 47.5 Å². The monoisotopic (exact) mass is 504 g/mol. The lowest BCUT2D eigenvalue weighted by Gasteiger charge is -2.34. The molecule has 3 aromatic carbocycles. The van der Waals surface area contributed by atoms with Crippen LogP contribution >= 0.6 is 11.6 Å². The molecule has 1 atom stereocenters. The van der Waals surface area contributed by atoms with Crippen LogP contribution < -0.4 is 19.5 Å². The summed E-state index contributed by atoms with van der Waals surface area (Å²) in [7, 11) is 1.65. The van der Waals surface area contributed by atoms with E-state index in [1.165, 1.54) is 6.92 Å². The van der Waals surface area contributed by atoms with Crippen molar-refractivity contribution < 1.29 is 14.3 Å². The third kappa shape index (κ3) is 4.52. The summed E-state index contributed by atoms with van der Waals surface area (Å²) in [6.45, 7) is 6.49. The normalized spacial score (nSPS) is 17.8. The maximum absolute atomic E-state index is 12.9. The van der Waals surface area contributed by atoms with Gasteiger partial charge in [0.15, 0.2) is 17.8 Å². The van der Waals surface area contributed by atoms with Gasteiger partial charge in [0, 0.05) is 31.3 Å². The summed E-state index contributed by atoms with van der Waals surface area (Å²) in [6, 6.07) is 21.8. The zero-order valence-electron chi connectivity index (χ0n) is 20.6. The Bertz CT molecular complexity index is 1290. The number of amidine groups is 1. The van der Waals surface area contributed by atoms with Gasteiger partial charge in [0.25, 0.3) is 0 Å². The molecule has 186 valence electrons. The van der Waals surface area contributed by atoms with Crippen LogP contribution in [0.4, 0.5) is 17.1 Å². The number of carbonyl (C=O) groups excluding carboxylic acids is 1. The molecule has 0 spiro atoms. The van der Waals surface area contributed by atoms with Crippen LogP contribution in [0.5, 0.6) is 5.75 Å². The molecule has 2 aliphatic rings. The molecule has 0 radical (unpaired) electrons. The summed E-state index contributed by atoms with van der Waals surface area (Å²) >= 11 is 6.82. The Labute approximate surface area is 216 Å². The highest BCUT2D eigenvalue weighted by Crippen LogP contribution is 2.43. The average molecular weight is 505 g/mol. The van der Waals surface area contributed by atoms with E-state index in [9.17, 15) is 4.79 Å². The van der Waals surface area contributed by atoms with Gasteiger partial charge < -0.3 is 14.4 Å². The third-order valence-corrected chi connectivity index (χ3v) is 6.80. The second-order valence-corrected chi connectivity index (χ2v) is 9.29. The minimum Gasteiger partial charge on any atom is -0.496 e. The molecule has 2 heterocycles. The molecule has 5 rings (SSSR count). The molecule has 2 aliphatic heterocycles. The summed E-state index contributed by atoms with van der Waals surface area (Å²) in [6.07, 6.45) is -0.451. The van der Waals surface area contributed by atoms with Crippen molar-refractivity contribution in [3.05, 3.63) is 82.9 Å². The van der Waals surface area contributed by atoms with E-state index in [-0.39, 0.29) is 5.78 Å². The minimum atomic E-state index is -0.451. The Morgan fingerprint density at radius 2 is 1.72 bits per heavy atom. The van der Waals surface area contributed by atoms with Gasteiger partial charge in [-0.3, -0.25) is 9.69 Å². The van der Waals surface area contributed by atoms with Crippen LogP contribution in [0.2, 0.25) is 5.02 Å². The molecule has 0 aromatic heterocycles. The van der Waals surface area contributed by atoms with Crippen LogP contribution in [0.1, 0.15) is 24.2 Å². The van der Waals surface area contributed by atoms with E-state index in [1.54, 1.807) is 7.11 Å². The Hall–Kier alpha value is -3.55. The topological polar surface area (TPSA) is 57.6 Å². The molecule has 1 fully saturated rings. The number of halogens is 1. The molecule has 0 amide bonds. The molecule has 0 unspecified atom stereocenters. The quantitative estimate of drug-likeness (QED) is 0.446. The number of aryl methyl sites for hydroxylation is 1. The van der Waals surface area contributed by atoms with Crippen LogP contribution in [0.15, 0.2) is 71.8 Å².